The number of hydrogen-bond acceptors (Lipinski definition) is 8. The number of benzene rings is 1. The van der Waals surface area contributed by atoms with Gasteiger partial charge >= 0.3 is 0 Å². The summed E-state index contributed by atoms with van der Waals surface area (Å²) in [6.45, 7) is 1.67. The Hall–Kier alpha value is -3.26. The molecule has 138 valence electrons. The summed E-state index contributed by atoms with van der Waals surface area (Å²) < 4.78 is 5.12. The summed E-state index contributed by atoms with van der Waals surface area (Å²) in [5.41, 5.74) is 8.57. The second-order valence-electron chi connectivity index (χ2n) is 6.45. The summed E-state index contributed by atoms with van der Waals surface area (Å²) in [6, 6.07) is 11.0. The summed E-state index contributed by atoms with van der Waals surface area (Å²) in [4.78, 5) is 10.3. The van der Waals surface area contributed by atoms with Crippen LogP contribution in [0.25, 0.3) is 22.5 Å². The van der Waals surface area contributed by atoms with Crippen molar-refractivity contribution >= 4 is 5.82 Å². The van der Waals surface area contributed by atoms with E-state index in [4.69, 9.17) is 10.5 Å². The van der Waals surface area contributed by atoms with Crippen LogP contribution in [0.2, 0.25) is 0 Å². The Morgan fingerprint density at radius 3 is 2.67 bits per heavy atom. The van der Waals surface area contributed by atoms with Gasteiger partial charge in [-0.3, -0.25) is 0 Å². The molecule has 0 bridgehead atoms. The lowest BCUT2D eigenvalue weighted by Gasteiger charge is -2.16. The maximum atomic E-state index is 10.5. The molecule has 1 aromatic carbocycles. The van der Waals surface area contributed by atoms with Gasteiger partial charge in [0.05, 0.1) is 18.5 Å². The highest BCUT2D eigenvalue weighted by Crippen LogP contribution is 2.32. The molecule has 8 heteroatoms. The zero-order chi connectivity index (χ0) is 18.8. The Morgan fingerprint density at radius 1 is 1.11 bits per heavy atom. The Morgan fingerprint density at radius 2 is 2.00 bits per heavy atom. The molecule has 2 aromatic heterocycles. The van der Waals surface area contributed by atoms with Crippen molar-refractivity contribution in [2.75, 3.05) is 25.1 Å². The second-order valence-corrected chi connectivity index (χ2v) is 6.45. The molecule has 3 N–H and O–H groups in total. The van der Waals surface area contributed by atoms with Crippen LogP contribution in [0, 0.1) is 0 Å². The number of methoxy groups -OCH3 is 1. The van der Waals surface area contributed by atoms with E-state index < -0.39 is 0 Å². The molecule has 0 spiro atoms. The number of rotatable bonds is 4. The van der Waals surface area contributed by atoms with Crippen LogP contribution in [0.4, 0.5) is 5.82 Å². The summed E-state index contributed by atoms with van der Waals surface area (Å²) in [6.07, 6.45) is 2.38. The van der Waals surface area contributed by atoms with E-state index in [9.17, 15) is 5.11 Å². The predicted octanol–water partition coefficient (Wildman–Crippen LogP) is 1.85. The lowest BCUT2D eigenvalue weighted by Crippen LogP contribution is -2.27. The van der Waals surface area contributed by atoms with E-state index in [1.54, 1.807) is 25.3 Å². The number of nitrogens with zero attached hydrogens (tertiary/aromatic N) is 5. The van der Waals surface area contributed by atoms with Crippen molar-refractivity contribution in [1.82, 2.24) is 20.2 Å². The second kappa shape index (κ2) is 7.16. The fourth-order valence-corrected chi connectivity index (χ4v) is 3.15. The molecule has 0 unspecified atom stereocenters. The average molecular weight is 364 g/mol. The molecule has 3 heterocycles. The van der Waals surface area contributed by atoms with Crippen molar-refractivity contribution in [1.29, 1.82) is 0 Å². The van der Waals surface area contributed by atoms with Gasteiger partial charge in [-0.2, -0.15) is 0 Å². The minimum atomic E-state index is 0.107. The smallest absolute Gasteiger partial charge is 0.216 e. The molecule has 1 saturated heterocycles. The molecule has 0 saturated carbocycles. The molecule has 4 rings (SSSR count). The highest BCUT2D eigenvalue weighted by molar-refractivity contribution is 5.73. The number of aromatic hydroxyl groups is 1. The number of hydrogen-bond donors (Lipinski definition) is 2. The third-order valence-corrected chi connectivity index (χ3v) is 4.62. The largest absolute Gasteiger partial charge is 0.507 e. The van der Waals surface area contributed by atoms with E-state index >= 15 is 0 Å². The van der Waals surface area contributed by atoms with Crippen molar-refractivity contribution in [3.8, 4) is 34.1 Å². The number of phenols is 1. The lowest BCUT2D eigenvalue weighted by molar-refractivity contribution is 0.397. The van der Waals surface area contributed by atoms with Gasteiger partial charge in [0.25, 0.3) is 0 Å². The van der Waals surface area contributed by atoms with Gasteiger partial charge in [-0.25, -0.2) is 9.97 Å². The molecule has 1 aliphatic heterocycles. The molecule has 27 heavy (non-hydrogen) atoms. The van der Waals surface area contributed by atoms with E-state index in [0.717, 1.165) is 30.9 Å². The van der Waals surface area contributed by atoms with E-state index in [1.165, 1.54) is 6.33 Å². The Labute approximate surface area is 156 Å². The number of anilines is 1. The van der Waals surface area contributed by atoms with E-state index in [-0.39, 0.29) is 11.8 Å². The van der Waals surface area contributed by atoms with Crippen LogP contribution in [0.1, 0.15) is 6.42 Å². The standard InChI is InChI=1S/C19H20N6O2/c1-27-19-9-16(21-11-22-19)12-2-3-14(17(26)8-12)15-4-5-18(24-23-15)25-7-6-13(20)10-25/h2-5,8-9,11,13,26H,6-7,10,20H2,1H3/t13-/m1/s1. The SMILES string of the molecule is COc1cc(-c2ccc(-c3ccc(N4CC[C@@H](N)C4)nn3)c(O)c2)ncn1. The highest BCUT2D eigenvalue weighted by Gasteiger charge is 2.20. The maximum absolute atomic E-state index is 10.5. The van der Waals surface area contributed by atoms with E-state index in [0.29, 0.717) is 22.8 Å². The molecular weight excluding hydrogens is 344 g/mol. The minimum absolute atomic E-state index is 0.107. The molecule has 1 atom stereocenters. The van der Waals surface area contributed by atoms with Crippen LogP contribution in [0.5, 0.6) is 11.6 Å². The highest BCUT2D eigenvalue weighted by atomic mass is 16.5. The number of aromatic nitrogens is 4. The number of ether oxygens (including phenoxy) is 1. The molecule has 3 aromatic rings. The van der Waals surface area contributed by atoms with Crippen LogP contribution in [0.15, 0.2) is 42.7 Å². The molecule has 0 aliphatic carbocycles. The summed E-state index contributed by atoms with van der Waals surface area (Å²) >= 11 is 0. The van der Waals surface area contributed by atoms with Crippen molar-refractivity contribution in [2.24, 2.45) is 5.73 Å². The van der Waals surface area contributed by atoms with Gasteiger partial charge in [0.1, 0.15) is 12.1 Å². The predicted molar refractivity (Wildman–Crippen MR) is 102 cm³/mol. The average Bonchev–Trinajstić information content (AvgIpc) is 3.14. The summed E-state index contributed by atoms with van der Waals surface area (Å²) in [7, 11) is 1.55. The molecule has 0 radical (unpaired) electrons. The normalized spacial score (nSPS) is 16.5. The van der Waals surface area contributed by atoms with Gasteiger partial charge in [0, 0.05) is 36.3 Å². The van der Waals surface area contributed by atoms with Gasteiger partial charge in [0.2, 0.25) is 5.88 Å². The van der Waals surface area contributed by atoms with Crippen LogP contribution in [-0.4, -0.2) is 51.5 Å². The van der Waals surface area contributed by atoms with Crippen molar-refractivity contribution in [2.45, 2.75) is 12.5 Å². The van der Waals surface area contributed by atoms with E-state index in [1.807, 2.05) is 18.2 Å². The molecular formula is C19H20N6O2. The fraction of sp³-hybridized carbons (Fsp3) is 0.263. The molecule has 1 fully saturated rings. The van der Waals surface area contributed by atoms with Gasteiger partial charge in [-0.15, -0.1) is 10.2 Å². The van der Waals surface area contributed by atoms with Crippen LogP contribution in [0.3, 0.4) is 0 Å². The van der Waals surface area contributed by atoms with Crippen LogP contribution in [-0.2, 0) is 0 Å². The third-order valence-electron chi connectivity index (χ3n) is 4.62. The zero-order valence-corrected chi connectivity index (χ0v) is 14.9. The topological polar surface area (TPSA) is 110 Å². The maximum Gasteiger partial charge on any atom is 0.216 e. The minimum Gasteiger partial charge on any atom is -0.507 e. The van der Waals surface area contributed by atoms with Crippen LogP contribution < -0.4 is 15.4 Å². The van der Waals surface area contributed by atoms with E-state index in [2.05, 4.69) is 25.1 Å². The van der Waals surface area contributed by atoms with Crippen molar-refractivity contribution in [3.63, 3.8) is 0 Å². The van der Waals surface area contributed by atoms with Gasteiger partial charge in [0.15, 0.2) is 5.82 Å². The first kappa shape index (κ1) is 17.2. The van der Waals surface area contributed by atoms with Gasteiger partial charge in [-0.1, -0.05) is 6.07 Å². The van der Waals surface area contributed by atoms with Crippen LogP contribution >= 0.6 is 0 Å². The monoisotopic (exact) mass is 364 g/mol. The summed E-state index contributed by atoms with van der Waals surface area (Å²) in [5, 5.41) is 19.0. The lowest BCUT2D eigenvalue weighted by atomic mass is 10.1. The number of phenolic OH excluding ortho intramolecular Hbond substituents is 1. The molecule has 0 amide bonds. The molecule has 1 aliphatic rings. The first-order valence-electron chi connectivity index (χ1n) is 8.68. The summed E-state index contributed by atoms with van der Waals surface area (Å²) in [5.74, 6) is 1.37. The van der Waals surface area contributed by atoms with Gasteiger partial charge < -0.3 is 20.5 Å². The quantitative estimate of drug-likeness (QED) is 0.722. The number of nitrogens with two attached hydrogens (primary N) is 1. The Balaban J connectivity index is 1.59. The molecule has 8 nitrogen and oxygen atoms in total. The third kappa shape index (κ3) is 3.52. The zero-order valence-electron chi connectivity index (χ0n) is 14.9. The fourth-order valence-electron chi connectivity index (χ4n) is 3.15. The Kier molecular flexibility index (Phi) is 4.55. The van der Waals surface area contributed by atoms with Crippen molar-refractivity contribution < 1.29 is 9.84 Å². The Bertz CT molecular complexity index is 947. The first-order chi connectivity index (χ1) is 13.1. The first-order valence-corrected chi connectivity index (χ1v) is 8.68. The van der Waals surface area contributed by atoms with Gasteiger partial charge in [-0.05, 0) is 30.7 Å². The van der Waals surface area contributed by atoms with Crippen molar-refractivity contribution in [3.05, 3.63) is 42.7 Å².